The highest BCUT2D eigenvalue weighted by atomic mass is 16.5. The van der Waals surface area contributed by atoms with Gasteiger partial charge in [0.1, 0.15) is 17.8 Å². The summed E-state index contributed by atoms with van der Waals surface area (Å²) in [6.45, 7) is 5.93. The van der Waals surface area contributed by atoms with Gasteiger partial charge in [-0.05, 0) is 30.0 Å². The summed E-state index contributed by atoms with van der Waals surface area (Å²) in [6, 6.07) is 7.95. The van der Waals surface area contributed by atoms with E-state index in [1.165, 1.54) is 11.9 Å². The molecule has 2 aromatic heterocycles. The molecule has 3 aromatic rings. The van der Waals surface area contributed by atoms with Crippen molar-refractivity contribution in [2.45, 2.75) is 32.7 Å². The Hall–Kier alpha value is -3.09. The summed E-state index contributed by atoms with van der Waals surface area (Å²) >= 11 is 0. The summed E-state index contributed by atoms with van der Waals surface area (Å²) in [4.78, 5) is 12.4. The molecule has 7 heteroatoms. The number of ether oxygens (including phenoxy) is 1. The SMILES string of the molecule is CC(C)c1ccc(Oc2ncnc(NCCCn3ccnc3)c2N)cc1. The highest BCUT2D eigenvalue weighted by molar-refractivity contribution is 5.66. The smallest absolute Gasteiger partial charge is 0.248 e. The Morgan fingerprint density at radius 2 is 2.00 bits per heavy atom. The van der Waals surface area contributed by atoms with Crippen LogP contribution >= 0.6 is 0 Å². The first kappa shape index (κ1) is 17.7. The molecule has 0 bridgehead atoms. The molecule has 0 amide bonds. The van der Waals surface area contributed by atoms with Crippen LogP contribution in [0.25, 0.3) is 0 Å². The summed E-state index contributed by atoms with van der Waals surface area (Å²) in [5.74, 6) is 2.12. The number of rotatable bonds is 8. The Labute approximate surface area is 153 Å². The molecule has 26 heavy (non-hydrogen) atoms. The molecule has 0 saturated carbocycles. The predicted molar refractivity (Wildman–Crippen MR) is 102 cm³/mol. The van der Waals surface area contributed by atoms with Crippen molar-refractivity contribution in [3.05, 3.63) is 54.9 Å². The second-order valence-corrected chi connectivity index (χ2v) is 6.35. The maximum Gasteiger partial charge on any atom is 0.248 e. The van der Waals surface area contributed by atoms with Crippen LogP contribution in [0.5, 0.6) is 11.6 Å². The third-order valence-electron chi connectivity index (χ3n) is 4.05. The van der Waals surface area contributed by atoms with Crippen LogP contribution < -0.4 is 15.8 Å². The van der Waals surface area contributed by atoms with Gasteiger partial charge in [-0.25, -0.2) is 9.97 Å². The molecule has 1 aromatic carbocycles. The number of hydrogen-bond acceptors (Lipinski definition) is 6. The number of aromatic nitrogens is 4. The van der Waals surface area contributed by atoms with Crippen LogP contribution in [0.3, 0.4) is 0 Å². The quantitative estimate of drug-likeness (QED) is 0.601. The van der Waals surface area contributed by atoms with Gasteiger partial charge in [-0.1, -0.05) is 26.0 Å². The van der Waals surface area contributed by atoms with Gasteiger partial charge in [-0.2, -0.15) is 4.98 Å². The van der Waals surface area contributed by atoms with Gasteiger partial charge in [-0.3, -0.25) is 0 Å². The molecule has 7 nitrogen and oxygen atoms in total. The van der Waals surface area contributed by atoms with Crippen molar-refractivity contribution in [1.82, 2.24) is 19.5 Å². The zero-order valence-electron chi connectivity index (χ0n) is 15.1. The van der Waals surface area contributed by atoms with E-state index < -0.39 is 0 Å². The third kappa shape index (κ3) is 4.50. The van der Waals surface area contributed by atoms with E-state index in [2.05, 4.69) is 34.1 Å². The summed E-state index contributed by atoms with van der Waals surface area (Å²) < 4.78 is 7.85. The summed E-state index contributed by atoms with van der Waals surface area (Å²) in [7, 11) is 0. The first-order chi connectivity index (χ1) is 12.6. The van der Waals surface area contributed by atoms with Gasteiger partial charge in [0.25, 0.3) is 0 Å². The van der Waals surface area contributed by atoms with Crippen LogP contribution in [0.4, 0.5) is 11.5 Å². The molecule has 0 aliphatic rings. The molecular weight excluding hydrogens is 328 g/mol. The van der Waals surface area contributed by atoms with Gasteiger partial charge in [0.05, 0.1) is 6.33 Å². The van der Waals surface area contributed by atoms with E-state index in [9.17, 15) is 0 Å². The average Bonchev–Trinajstić information content (AvgIpc) is 3.15. The van der Waals surface area contributed by atoms with Crippen LogP contribution in [0.1, 0.15) is 31.7 Å². The molecule has 3 rings (SSSR count). The molecule has 0 aliphatic carbocycles. The number of anilines is 2. The highest BCUT2D eigenvalue weighted by Gasteiger charge is 2.10. The van der Waals surface area contributed by atoms with E-state index >= 15 is 0 Å². The Balaban J connectivity index is 1.59. The van der Waals surface area contributed by atoms with Crippen LogP contribution in [0.15, 0.2) is 49.3 Å². The lowest BCUT2D eigenvalue weighted by molar-refractivity contribution is 0.464. The minimum atomic E-state index is 0.356. The van der Waals surface area contributed by atoms with E-state index in [1.807, 2.05) is 35.0 Å². The lowest BCUT2D eigenvalue weighted by atomic mass is 10.0. The minimum absolute atomic E-state index is 0.356. The van der Waals surface area contributed by atoms with E-state index in [0.717, 1.165) is 19.5 Å². The largest absolute Gasteiger partial charge is 0.437 e. The molecule has 3 N–H and O–H groups in total. The fraction of sp³-hybridized carbons (Fsp3) is 0.316. The van der Waals surface area contributed by atoms with Crippen LogP contribution in [0, 0.1) is 0 Å². The molecule has 136 valence electrons. The van der Waals surface area contributed by atoms with Crippen molar-refractivity contribution < 1.29 is 4.74 Å². The monoisotopic (exact) mass is 352 g/mol. The van der Waals surface area contributed by atoms with Crippen molar-refractivity contribution in [2.24, 2.45) is 0 Å². The number of nitrogens with zero attached hydrogens (tertiary/aromatic N) is 4. The van der Waals surface area contributed by atoms with E-state index in [1.54, 1.807) is 12.5 Å². The number of benzene rings is 1. The third-order valence-corrected chi connectivity index (χ3v) is 4.05. The summed E-state index contributed by atoms with van der Waals surface area (Å²) in [5.41, 5.74) is 7.82. The lowest BCUT2D eigenvalue weighted by Gasteiger charge is -2.12. The molecule has 0 saturated heterocycles. The first-order valence-electron chi connectivity index (χ1n) is 8.71. The fourth-order valence-corrected chi connectivity index (χ4v) is 2.52. The van der Waals surface area contributed by atoms with Gasteiger partial charge in [0, 0.05) is 25.5 Å². The molecule has 0 fully saturated rings. The second-order valence-electron chi connectivity index (χ2n) is 6.35. The molecule has 0 spiro atoms. The number of nitrogens with one attached hydrogen (secondary N) is 1. The Kier molecular flexibility index (Phi) is 5.68. The number of imidazole rings is 1. The van der Waals surface area contributed by atoms with Crippen molar-refractivity contribution in [3.63, 3.8) is 0 Å². The molecule has 2 heterocycles. The zero-order valence-corrected chi connectivity index (χ0v) is 15.1. The van der Waals surface area contributed by atoms with Gasteiger partial charge < -0.3 is 20.4 Å². The van der Waals surface area contributed by atoms with Crippen molar-refractivity contribution in [2.75, 3.05) is 17.6 Å². The average molecular weight is 352 g/mol. The number of hydrogen-bond donors (Lipinski definition) is 2. The minimum Gasteiger partial charge on any atom is -0.437 e. The standard InChI is InChI=1S/C19H24N6O/c1-14(2)15-4-6-16(7-5-15)26-19-17(20)18(23-12-24-19)22-8-3-10-25-11-9-21-13-25/h4-7,9,11-14H,3,8,10,20H2,1-2H3,(H,22,23,24). The first-order valence-corrected chi connectivity index (χ1v) is 8.71. The number of nitrogen functional groups attached to an aromatic ring is 1. The maximum absolute atomic E-state index is 6.16. The molecule has 0 unspecified atom stereocenters. The Morgan fingerprint density at radius 3 is 2.69 bits per heavy atom. The fourth-order valence-electron chi connectivity index (χ4n) is 2.52. The van der Waals surface area contributed by atoms with Crippen molar-refractivity contribution in [3.8, 4) is 11.6 Å². The molecule has 0 radical (unpaired) electrons. The summed E-state index contributed by atoms with van der Waals surface area (Å²) in [5, 5.41) is 3.24. The van der Waals surface area contributed by atoms with Gasteiger partial charge in [-0.15, -0.1) is 0 Å². The van der Waals surface area contributed by atoms with E-state index in [0.29, 0.717) is 29.1 Å². The van der Waals surface area contributed by atoms with Crippen molar-refractivity contribution >= 4 is 11.5 Å². The molecular formula is C19H24N6O. The lowest BCUT2D eigenvalue weighted by Crippen LogP contribution is -2.10. The predicted octanol–water partition coefficient (Wildman–Crippen LogP) is 3.67. The zero-order chi connectivity index (χ0) is 18.4. The van der Waals surface area contributed by atoms with Gasteiger partial charge in [0.15, 0.2) is 5.82 Å². The summed E-state index contributed by atoms with van der Waals surface area (Å²) in [6.07, 6.45) is 7.89. The molecule has 0 aliphatic heterocycles. The highest BCUT2D eigenvalue weighted by Crippen LogP contribution is 2.29. The second kappa shape index (κ2) is 8.33. The van der Waals surface area contributed by atoms with Crippen LogP contribution in [0.2, 0.25) is 0 Å². The maximum atomic E-state index is 6.16. The van der Waals surface area contributed by atoms with Crippen LogP contribution in [-0.2, 0) is 6.54 Å². The Bertz CT molecular complexity index is 815. The van der Waals surface area contributed by atoms with E-state index in [4.69, 9.17) is 10.5 Å². The van der Waals surface area contributed by atoms with E-state index in [-0.39, 0.29) is 0 Å². The van der Waals surface area contributed by atoms with Crippen molar-refractivity contribution in [1.29, 1.82) is 0 Å². The van der Waals surface area contributed by atoms with Crippen LogP contribution in [-0.4, -0.2) is 26.1 Å². The number of aryl methyl sites for hydroxylation is 1. The van der Waals surface area contributed by atoms with Gasteiger partial charge in [0.2, 0.25) is 5.88 Å². The Morgan fingerprint density at radius 1 is 1.19 bits per heavy atom. The van der Waals surface area contributed by atoms with Gasteiger partial charge >= 0.3 is 0 Å². The normalized spacial score (nSPS) is 10.9. The molecule has 0 atom stereocenters. The topological polar surface area (TPSA) is 90.9 Å². The number of nitrogens with two attached hydrogens (primary N) is 1.